The minimum Gasteiger partial charge on any atom is -0.381 e. The Hall–Kier alpha value is -0.490. The Kier molecular flexibility index (Phi) is 4.82. The van der Waals surface area contributed by atoms with Crippen LogP contribution in [0.4, 0.5) is 0 Å². The van der Waals surface area contributed by atoms with Gasteiger partial charge in [-0.25, -0.2) is 4.37 Å². The normalized spacial score (nSPS) is 26.0. The number of aromatic nitrogens is 1. The topological polar surface area (TPSA) is 34.6 Å². The van der Waals surface area contributed by atoms with Crippen molar-refractivity contribution in [1.82, 2.24) is 9.27 Å². The molecule has 0 bridgehead atoms. The second-order valence-corrected chi connectivity index (χ2v) is 6.43. The van der Waals surface area contributed by atoms with Crippen molar-refractivity contribution >= 4 is 11.5 Å². The van der Waals surface area contributed by atoms with E-state index in [1.165, 1.54) is 11.3 Å². The number of hydrogen-bond acceptors (Lipinski definition) is 5. The van der Waals surface area contributed by atoms with Gasteiger partial charge in [0.2, 0.25) is 0 Å². The first kappa shape index (κ1) is 13.5. The van der Waals surface area contributed by atoms with E-state index in [2.05, 4.69) is 15.3 Å². The molecule has 0 N–H and O–H groups in total. The molecule has 1 aromatic heterocycles. The van der Waals surface area contributed by atoms with Crippen molar-refractivity contribution in [3.05, 3.63) is 17.1 Å². The molecule has 2 fully saturated rings. The number of ether oxygens (including phenoxy) is 2. The van der Waals surface area contributed by atoms with Crippen molar-refractivity contribution in [2.45, 2.75) is 31.9 Å². The van der Waals surface area contributed by atoms with Crippen LogP contribution in [0.25, 0.3) is 0 Å². The molecule has 2 aliphatic heterocycles. The molecule has 0 amide bonds. The lowest BCUT2D eigenvalue weighted by Crippen LogP contribution is -2.37. The van der Waals surface area contributed by atoms with Gasteiger partial charge in [-0.1, -0.05) is 0 Å². The molecule has 1 unspecified atom stereocenters. The summed E-state index contributed by atoms with van der Waals surface area (Å²) in [5, 5.41) is 0. The van der Waals surface area contributed by atoms with Crippen molar-refractivity contribution in [1.29, 1.82) is 0 Å². The predicted molar refractivity (Wildman–Crippen MR) is 75.3 cm³/mol. The van der Waals surface area contributed by atoms with Crippen LogP contribution in [0.5, 0.6) is 0 Å². The van der Waals surface area contributed by atoms with E-state index in [-0.39, 0.29) is 0 Å². The van der Waals surface area contributed by atoms with Crippen LogP contribution in [0.1, 0.15) is 24.1 Å². The van der Waals surface area contributed by atoms with Gasteiger partial charge in [-0.15, -0.1) is 0 Å². The smallest absolute Gasteiger partial charge is 0.0599 e. The van der Waals surface area contributed by atoms with Gasteiger partial charge in [0, 0.05) is 43.2 Å². The Morgan fingerprint density at radius 1 is 1.37 bits per heavy atom. The molecule has 2 aliphatic rings. The standard InChI is InChI=1S/C14H22N2O2S/c1-5-15-19-14(1)9-16-6-2-13(3-7-16)18-11-12-4-8-17-10-12/h1,5,12-13H,2-4,6-11H2. The Morgan fingerprint density at radius 2 is 2.26 bits per heavy atom. The van der Waals surface area contributed by atoms with Gasteiger partial charge < -0.3 is 9.47 Å². The second kappa shape index (κ2) is 6.79. The summed E-state index contributed by atoms with van der Waals surface area (Å²) in [7, 11) is 0. The van der Waals surface area contributed by atoms with Crippen LogP contribution in [-0.2, 0) is 16.0 Å². The minimum atomic E-state index is 0.457. The summed E-state index contributed by atoms with van der Waals surface area (Å²) in [4.78, 5) is 3.87. The Labute approximate surface area is 118 Å². The maximum atomic E-state index is 6.03. The SMILES string of the molecule is c1cc(CN2CCC(OCC3CCOC3)CC2)sn1. The first-order valence-electron chi connectivity index (χ1n) is 7.21. The molecule has 106 valence electrons. The van der Waals surface area contributed by atoms with Crippen LogP contribution in [0.3, 0.4) is 0 Å². The fourth-order valence-electron chi connectivity index (χ4n) is 2.77. The van der Waals surface area contributed by atoms with Crippen molar-refractivity contribution in [2.75, 3.05) is 32.9 Å². The molecular weight excluding hydrogens is 260 g/mol. The van der Waals surface area contributed by atoms with Crippen molar-refractivity contribution in [3.8, 4) is 0 Å². The maximum Gasteiger partial charge on any atom is 0.0599 e. The quantitative estimate of drug-likeness (QED) is 0.829. The lowest BCUT2D eigenvalue weighted by molar-refractivity contribution is -0.0115. The van der Waals surface area contributed by atoms with Gasteiger partial charge in [0.05, 0.1) is 19.3 Å². The molecule has 0 radical (unpaired) electrons. The molecule has 4 nitrogen and oxygen atoms in total. The molecule has 0 aliphatic carbocycles. The summed E-state index contributed by atoms with van der Waals surface area (Å²) in [5.41, 5.74) is 0. The zero-order chi connectivity index (χ0) is 12.9. The molecule has 0 aromatic carbocycles. The molecule has 0 saturated carbocycles. The molecule has 5 heteroatoms. The molecule has 1 atom stereocenters. The fraction of sp³-hybridized carbons (Fsp3) is 0.786. The first-order chi connectivity index (χ1) is 9.40. The molecule has 2 saturated heterocycles. The summed E-state index contributed by atoms with van der Waals surface area (Å²) in [6, 6.07) is 2.12. The molecule has 3 heterocycles. The molecule has 3 rings (SSSR count). The Morgan fingerprint density at radius 3 is 2.95 bits per heavy atom. The monoisotopic (exact) mass is 282 g/mol. The summed E-state index contributed by atoms with van der Waals surface area (Å²) in [6.45, 7) is 6.03. The highest BCUT2D eigenvalue weighted by molar-refractivity contribution is 7.05. The molecule has 1 aromatic rings. The van der Waals surface area contributed by atoms with Gasteiger partial charge in [-0.05, 0) is 36.9 Å². The zero-order valence-electron chi connectivity index (χ0n) is 11.3. The minimum absolute atomic E-state index is 0.457. The summed E-state index contributed by atoms with van der Waals surface area (Å²) < 4.78 is 15.6. The van der Waals surface area contributed by atoms with E-state index in [4.69, 9.17) is 9.47 Å². The van der Waals surface area contributed by atoms with E-state index in [0.29, 0.717) is 12.0 Å². The fourth-order valence-corrected chi connectivity index (χ4v) is 3.38. The second-order valence-electron chi connectivity index (χ2n) is 5.52. The van der Waals surface area contributed by atoms with Gasteiger partial charge in [0.15, 0.2) is 0 Å². The van der Waals surface area contributed by atoms with Crippen LogP contribution in [0.15, 0.2) is 12.3 Å². The first-order valence-corrected chi connectivity index (χ1v) is 7.99. The molecular formula is C14H22N2O2S. The highest BCUT2D eigenvalue weighted by Gasteiger charge is 2.22. The van der Waals surface area contributed by atoms with Crippen LogP contribution < -0.4 is 0 Å². The average Bonchev–Trinajstić information content (AvgIpc) is 3.11. The Bertz CT molecular complexity index is 358. The summed E-state index contributed by atoms with van der Waals surface area (Å²) in [6.07, 6.45) is 5.83. The lowest BCUT2D eigenvalue weighted by atomic mass is 10.1. The molecule has 19 heavy (non-hydrogen) atoms. The average molecular weight is 282 g/mol. The van der Waals surface area contributed by atoms with Crippen molar-refractivity contribution in [2.24, 2.45) is 5.92 Å². The summed E-state index contributed by atoms with van der Waals surface area (Å²) in [5.74, 6) is 0.634. The van der Waals surface area contributed by atoms with Gasteiger partial charge >= 0.3 is 0 Å². The van der Waals surface area contributed by atoms with E-state index in [1.54, 1.807) is 11.5 Å². The zero-order valence-corrected chi connectivity index (χ0v) is 12.1. The van der Waals surface area contributed by atoms with Gasteiger partial charge in [0.1, 0.15) is 0 Å². The van der Waals surface area contributed by atoms with E-state index in [9.17, 15) is 0 Å². The van der Waals surface area contributed by atoms with Crippen molar-refractivity contribution < 1.29 is 9.47 Å². The number of rotatable bonds is 5. The molecule has 0 spiro atoms. The van der Waals surface area contributed by atoms with Crippen molar-refractivity contribution in [3.63, 3.8) is 0 Å². The number of piperidine rings is 1. The Balaban J connectivity index is 1.34. The van der Waals surface area contributed by atoms with Crippen LogP contribution >= 0.6 is 11.5 Å². The van der Waals surface area contributed by atoms with Gasteiger partial charge in [-0.3, -0.25) is 4.90 Å². The third kappa shape index (κ3) is 3.99. The van der Waals surface area contributed by atoms with Crippen LogP contribution in [0, 0.1) is 5.92 Å². The highest BCUT2D eigenvalue weighted by Crippen LogP contribution is 2.20. The summed E-state index contributed by atoms with van der Waals surface area (Å²) >= 11 is 1.61. The lowest BCUT2D eigenvalue weighted by Gasteiger charge is -2.31. The van der Waals surface area contributed by atoms with Gasteiger partial charge in [0.25, 0.3) is 0 Å². The van der Waals surface area contributed by atoms with Crippen LogP contribution in [-0.4, -0.2) is 48.3 Å². The predicted octanol–water partition coefficient (Wildman–Crippen LogP) is 2.16. The third-order valence-corrected chi connectivity index (χ3v) is 4.72. The van der Waals surface area contributed by atoms with Gasteiger partial charge in [-0.2, -0.15) is 0 Å². The van der Waals surface area contributed by atoms with Crippen LogP contribution in [0.2, 0.25) is 0 Å². The van der Waals surface area contributed by atoms with E-state index in [1.807, 2.05) is 6.20 Å². The highest BCUT2D eigenvalue weighted by atomic mass is 32.1. The maximum absolute atomic E-state index is 6.03. The number of likely N-dealkylation sites (tertiary alicyclic amines) is 1. The number of hydrogen-bond donors (Lipinski definition) is 0. The van der Waals surface area contributed by atoms with E-state index in [0.717, 1.165) is 52.3 Å². The van der Waals surface area contributed by atoms with E-state index >= 15 is 0 Å². The van der Waals surface area contributed by atoms with E-state index < -0.39 is 0 Å². The number of nitrogens with zero attached hydrogens (tertiary/aromatic N) is 2. The largest absolute Gasteiger partial charge is 0.381 e. The third-order valence-electron chi connectivity index (χ3n) is 4.00.